The Morgan fingerprint density at radius 2 is 2.11 bits per heavy atom. The fourth-order valence-electron chi connectivity index (χ4n) is 2.01. The van der Waals surface area contributed by atoms with Gasteiger partial charge in [-0.3, -0.25) is 0 Å². The quantitative estimate of drug-likeness (QED) is 0.687. The van der Waals surface area contributed by atoms with Gasteiger partial charge < -0.3 is 10.4 Å². The minimum atomic E-state index is -0.946. The van der Waals surface area contributed by atoms with E-state index in [-0.39, 0.29) is 0 Å². The molecule has 0 spiro atoms. The normalized spacial score (nSPS) is 13.8. The van der Waals surface area contributed by atoms with E-state index in [2.05, 4.69) is 12.2 Å². The molecule has 0 fully saturated rings. The maximum atomic E-state index is 11.5. The first-order valence-electron chi connectivity index (χ1n) is 6.75. The van der Waals surface area contributed by atoms with Crippen molar-refractivity contribution in [3.63, 3.8) is 0 Å². The fraction of sp³-hybridized carbons (Fsp3) is 0.533. The highest BCUT2D eigenvalue weighted by Gasteiger charge is 2.32. The average Bonchev–Trinajstić information content (AvgIpc) is 2.34. The van der Waals surface area contributed by atoms with E-state index < -0.39 is 11.5 Å². The summed E-state index contributed by atoms with van der Waals surface area (Å²) in [5.41, 5.74) is -0.203. The van der Waals surface area contributed by atoms with E-state index in [0.29, 0.717) is 11.4 Å². The summed E-state index contributed by atoms with van der Waals surface area (Å²) in [5.74, 6) is -0.830. The molecule has 1 aromatic carbocycles. The van der Waals surface area contributed by atoms with Gasteiger partial charge in [-0.05, 0) is 31.5 Å². The smallest absolute Gasteiger partial charge is 0.329 e. The van der Waals surface area contributed by atoms with Crippen molar-refractivity contribution in [2.75, 3.05) is 5.32 Å². The molecule has 1 unspecified atom stereocenters. The first-order chi connectivity index (χ1) is 8.98. The Kier molecular flexibility index (Phi) is 6.16. The Hall–Kier alpha value is -1.22. The number of hydrogen-bond donors (Lipinski definition) is 2. The predicted molar refractivity (Wildman–Crippen MR) is 79.9 cm³/mol. The summed E-state index contributed by atoms with van der Waals surface area (Å²) in [7, 11) is 0. The maximum Gasteiger partial charge on any atom is 0.329 e. The van der Waals surface area contributed by atoms with Crippen LogP contribution in [0.4, 0.5) is 5.69 Å². The Labute approximate surface area is 120 Å². The molecule has 0 aromatic heterocycles. The van der Waals surface area contributed by atoms with E-state index in [1.165, 1.54) is 0 Å². The standard InChI is InChI=1S/C15H22ClNO2/c1-3-4-5-6-10-15(2,14(18)19)17-13-9-7-8-12(16)11-13/h7-9,11,17H,3-6,10H2,1-2H3,(H,18,19). The molecule has 1 atom stereocenters. The number of carbonyl (C=O) groups is 1. The molecular weight excluding hydrogens is 262 g/mol. The first-order valence-corrected chi connectivity index (χ1v) is 7.13. The number of carboxylic acid groups (broad SMARTS) is 1. The van der Waals surface area contributed by atoms with Gasteiger partial charge in [0.25, 0.3) is 0 Å². The van der Waals surface area contributed by atoms with Crippen LogP contribution in [0.25, 0.3) is 0 Å². The molecule has 0 saturated carbocycles. The predicted octanol–water partition coefficient (Wildman–Crippen LogP) is 4.57. The Morgan fingerprint density at radius 1 is 1.37 bits per heavy atom. The highest BCUT2D eigenvalue weighted by atomic mass is 35.5. The zero-order chi connectivity index (χ0) is 14.3. The Bertz CT molecular complexity index is 422. The lowest BCUT2D eigenvalue weighted by Gasteiger charge is -2.27. The van der Waals surface area contributed by atoms with E-state index in [1.807, 2.05) is 12.1 Å². The van der Waals surface area contributed by atoms with Gasteiger partial charge >= 0.3 is 5.97 Å². The number of hydrogen-bond acceptors (Lipinski definition) is 2. The summed E-state index contributed by atoms with van der Waals surface area (Å²) >= 11 is 5.91. The molecule has 0 aliphatic carbocycles. The first kappa shape index (κ1) is 15.8. The van der Waals surface area contributed by atoms with Gasteiger partial charge in [-0.1, -0.05) is 50.3 Å². The van der Waals surface area contributed by atoms with E-state index in [1.54, 1.807) is 19.1 Å². The van der Waals surface area contributed by atoms with Crippen LogP contribution < -0.4 is 5.32 Å². The molecule has 0 saturated heterocycles. The third kappa shape index (κ3) is 5.11. The highest BCUT2D eigenvalue weighted by Crippen LogP contribution is 2.24. The van der Waals surface area contributed by atoms with E-state index >= 15 is 0 Å². The number of unbranched alkanes of at least 4 members (excludes halogenated alkanes) is 3. The summed E-state index contributed by atoms with van der Waals surface area (Å²) in [6.45, 7) is 3.86. The summed E-state index contributed by atoms with van der Waals surface area (Å²) in [5, 5.41) is 13.1. The number of carboxylic acids is 1. The van der Waals surface area contributed by atoms with Crippen LogP contribution in [0.2, 0.25) is 5.02 Å². The summed E-state index contributed by atoms with van der Waals surface area (Å²) in [6, 6.07) is 7.16. The van der Waals surface area contributed by atoms with Gasteiger partial charge in [0.15, 0.2) is 0 Å². The SMILES string of the molecule is CCCCCCC(C)(Nc1cccc(Cl)c1)C(=O)O. The number of rotatable bonds is 8. The third-order valence-electron chi connectivity index (χ3n) is 3.25. The molecule has 3 nitrogen and oxygen atoms in total. The van der Waals surface area contributed by atoms with E-state index in [4.69, 9.17) is 11.6 Å². The van der Waals surface area contributed by atoms with Gasteiger partial charge in [-0.2, -0.15) is 0 Å². The second-order valence-corrected chi connectivity index (χ2v) is 5.52. The molecule has 0 amide bonds. The van der Waals surface area contributed by atoms with Crippen molar-refractivity contribution in [2.24, 2.45) is 0 Å². The lowest BCUT2D eigenvalue weighted by Crippen LogP contribution is -2.43. The van der Waals surface area contributed by atoms with Gasteiger partial charge in [0, 0.05) is 10.7 Å². The molecule has 4 heteroatoms. The van der Waals surface area contributed by atoms with Crippen molar-refractivity contribution in [1.29, 1.82) is 0 Å². The van der Waals surface area contributed by atoms with Gasteiger partial charge in [0.1, 0.15) is 5.54 Å². The lowest BCUT2D eigenvalue weighted by molar-refractivity contribution is -0.142. The molecule has 0 radical (unpaired) electrons. The highest BCUT2D eigenvalue weighted by molar-refractivity contribution is 6.30. The summed E-state index contributed by atoms with van der Waals surface area (Å²) in [6.07, 6.45) is 4.87. The van der Waals surface area contributed by atoms with Crippen LogP contribution in [0.15, 0.2) is 24.3 Å². The molecule has 0 aliphatic heterocycles. The largest absolute Gasteiger partial charge is 0.480 e. The molecular formula is C15H22ClNO2. The van der Waals surface area contributed by atoms with Crippen molar-refractivity contribution in [3.05, 3.63) is 29.3 Å². The molecule has 0 aliphatic rings. The fourth-order valence-corrected chi connectivity index (χ4v) is 2.20. The second kappa shape index (κ2) is 7.39. The molecule has 0 bridgehead atoms. The Balaban J connectivity index is 2.68. The van der Waals surface area contributed by atoms with Gasteiger partial charge in [-0.25, -0.2) is 4.79 Å². The zero-order valence-corrected chi connectivity index (χ0v) is 12.3. The second-order valence-electron chi connectivity index (χ2n) is 5.08. The molecule has 1 rings (SSSR count). The zero-order valence-electron chi connectivity index (χ0n) is 11.6. The molecule has 0 heterocycles. The third-order valence-corrected chi connectivity index (χ3v) is 3.48. The Morgan fingerprint density at radius 3 is 2.68 bits per heavy atom. The van der Waals surface area contributed by atoms with Crippen LogP contribution in [-0.2, 0) is 4.79 Å². The number of nitrogens with one attached hydrogen (secondary N) is 1. The number of anilines is 1. The van der Waals surface area contributed by atoms with Gasteiger partial charge in [-0.15, -0.1) is 0 Å². The number of halogens is 1. The lowest BCUT2D eigenvalue weighted by atomic mass is 9.93. The van der Waals surface area contributed by atoms with Crippen LogP contribution in [0.3, 0.4) is 0 Å². The molecule has 106 valence electrons. The van der Waals surface area contributed by atoms with Crippen molar-refractivity contribution in [3.8, 4) is 0 Å². The van der Waals surface area contributed by atoms with Crippen LogP contribution in [0.1, 0.15) is 46.0 Å². The van der Waals surface area contributed by atoms with E-state index in [0.717, 1.165) is 31.4 Å². The van der Waals surface area contributed by atoms with Crippen LogP contribution in [-0.4, -0.2) is 16.6 Å². The number of benzene rings is 1. The van der Waals surface area contributed by atoms with Crippen molar-refractivity contribution >= 4 is 23.3 Å². The van der Waals surface area contributed by atoms with Crippen molar-refractivity contribution < 1.29 is 9.90 Å². The number of aliphatic carboxylic acids is 1. The van der Waals surface area contributed by atoms with E-state index in [9.17, 15) is 9.90 Å². The maximum absolute atomic E-state index is 11.5. The van der Waals surface area contributed by atoms with Crippen LogP contribution in [0.5, 0.6) is 0 Å². The van der Waals surface area contributed by atoms with Crippen LogP contribution in [0, 0.1) is 0 Å². The van der Waals surface area contributed by atoms with Crippen molar-refractivity contribution in [2.45, 2.75) is 51.5 Å². The average molecular weight is 284 g/mol. The van der Waals surface area contributed by atoms with Gasteiger partial charge in [0.2, 0.25) is 0 Å². The monoisotopic (exact) mass is 283 g/mol. The minimum Gasteiger partial charge on any atom is -0.480 e. The topological polar surface area (TPSA) is 49.3 Å². The van der Waals surface area contributed by atoms with Crippen molar-refractivity contribution in [1.82, 2.24) is 0 Å². The van der Waals surface area contributed by atoms with Crippen LogP contribution >= 0.6 is 11.6 Å². The summed E-state index contributed by atoms with van der Waals surface area (Å²) in [4.78, 5) is 11.5. The molecule has 19 heavy (non-hydrogen) atoms. The minimum absolute atomic E-state index is 0.601. The summed E-state index contributed by atoms with van der Waals surface area (Å²) < 4.78 is 0. The molecule has 2 N–H and O–H groups in total. The van der Waals surface area contributed by atoms with Gasteiger partial charge in [0.05, 0.1) is 0 Å². The molecule has 1 aromatic rings.